The lowest BCUT2D eigenvalue weighted by molar-refractivity contribution is 0.102. The molecule has 0 atom stereocenters. The Bertz CT molecular complexity index is 926. The van der Waals surface area contributed by atoms with Gasteiger partial charge in [0.15, 0.2) is 0 Å². The fourth-order valence-electron chi connectivity index (χ4n) is 2.32. The zero-order valence-corrected chi connectivity index (χ0v) is 14.1. The lowest BCUT2D eigenvalue weighted by atomic mass is 10.1. The predicted octanol–water partition coefficient (Wildman–Crippen LogP) is 3.59. The molecule has 0 radical (unpaired) electrons. The van der Waals surface area contributed by atoms with Crippen LogP contribution in [0.4, 0.5) is 11.4 Å². The van der Waals surface area contributed by atoms with E-state index in [2.05, 4.69) is 15.6 Å². The van der Waals surface area contributed by atoms with Crippen LogP contribution in [0.5, 0.6) is 5.75 Å². The van der Waals surface area contributed by atoms with E-state index in [1.165, 1.54) is 18.5 Å². The van der Waals surface area contributed by atoms with Crippen LogP contribution in [0.25, 0.3) is 0 Å². The van der Waals surface area contributed by atoms with E-state index in [-0.39, 0.29) is 17.4 Å². The maximum absolute atomic E-state index is 12.4. The zero-order chi connectivity index (χ0) is 18.4. The Morgan fingerprint density at radius 2 is 1.42 bits per heavy atom. The SMILES string of the molecule is COc1cccc(NC(=O)c2cncc(C(=O)Nc3ccccc3)c2)c1. The number of methoxy groups -OCH3 is 1. The van der Waals surface area contributed by atoms with Crippen LogP contribution in [0.15, 0.2) is 73.1 Å². The second-order valence-electron chi connectivity index (χ2n) is 5.47. The van der Waals surface area contributed by atoms with Crippen LogP contribution >= 0.6 is 0 Å². The highest BCUT2D eigenvalue weighted by molar-refractivity contribution is 6.08. The first-order chi connectivity index (χ1) is 12.7. The molecule has 0 saturated carbocycles. The van der Waals surface area contributed by atoms with E-state index in [1.807, 2.05) is 18.2 Å². The molecule has 2 N–H and O–H groups in total. The molecule has 0 bridgehead atoms. The first-order valence-corrected chi connectivity index (χ1v) is 7.92. The van der Waals surface area contributed by atoms with E-state index in [0.29, 0.717) is 22.7 Å². The van der Waals surface area contributed by atoms with Gasteiger partial charge < -0.3 is 15.4 Å². The van der Waals surface area contributed by atoms with Gasteiger partial charge in [-0.15, -0.1) is 0 Å². The molecule has 6 nitrogen and oxygen atoms in total. The van der Waals surface area contributed by atoms with E-state index < -0.39 is 0 Å². The summed E-state index contributed by atoms with van der Waals surface area (Å²) in [6.45, 7) is 0. The summed E-state index contributed by atoms with van der Waals surface area (Å²) in [5.41, 5.74) is 1.85. The Morgan fingerprint density at radius 3 is 2.08 bits per heavy atom. The van der Waals surface area contributed by atoms with Gasteiger partial charge in [0.05, 0.1) is 18.2 Å². The highest BCUT2D eigenvalue weighted by Gasteiger charge is 2.12. The van der Waals surface area contributed by atoms with Gasteiger partial charge in [0, 0.05) is 29.8 Å². The van der Waals surface area contributed by atoms with Crippen molar-refractivity contribution in [2.24, 2.45) is 0 Å². The lowest BCUT2D eigenvalue weighted by Gasteiger charge is -2.08. The molecule has 0 aliphatic rings. The molecule has 0 aliphatic carbocycles. The average Bonchev–Trinajstić information content (AvgIpc) is 2.69. The van der Waals surface area contributed by atoms with Crippen LogP contribution in [0.2, 0.25) is 0 Å². The average molecular weight is 347 g/mol. The molecule has 6 heteroatoms. The minimum Gasteiger partial charge on any atom is -0.497 e. The van der Waals surface area contributed by atoms with E-state index in [1.54, 1.807) is 43.5 Å². The predicted molar refractivity (Wildman–Crippen MR) is 99.6 cm³/mol. The Hall–Kier alpha value is -3.67. The standard InChI is InChI=1S/C20H17N3O3/c1-26-18-9-5-8-17(11-18)23-20(25)15-10-14(12-21-13-15)19(24)22-16-6-3-2-4-7-16/h2-13H,1H3,(H,22,24)(H,23,25). The van der Waals surface area contributed by atoms with Crippen molar-refractivity contribution in [3.63, 3.8) is 0 Å². The Balaban J connectivity index is 1.73. The lowest BCUT2D eigenvalue weighted by Crippen LogP contribution is -2.16. The van der Waals surface area contributed by atoms with Crippen molar-refractivity contribution in [3.05, 3.63) is 84.2 Å². The van der Waals surface area contributed by atoms with Gasteiger partial charge in [0.2, 0.25) is 0 Å². The molecular formula is C20H17N3O3. The summed E-state index contributed by atoms with van der Waals surface area (Å²) in [7, 11) is 1.56. The summed E-state index contributed by atoms with van der Waals surface area (Å²) in [4.78, 5) is 28.8. The fourth-order valence-corrected chi connectivity index (χ4v) is 2.32. The Kier molecular flexibility index (Phi) is 5.24. The quantitative estimate of drug-likeness (QED) is 0.739. The van der Waals surface area contributed by atoms with Crippen LogP contribution in [0.3, 0.4) is 0 Å². The topological polar surface area (TPSA) is 80.3 Å². The molecule has 2 aromatic carbocycles. The molecule has 0 unspecified atom stereocenters. The molecule has 0 fully saturated rings. The molecule has 130 valence electrons. The smallest absolute Gasteiger partial charge is 0.257 e. The highest BCUT2D eigenvalue weighted by Crippen LogP contribution is 2.18. The van der Waals surface area contributed by atoms with E-state index >= 15 is 0 Å². The number of carbonyl (C=O) groups is 2. The summed E-state index contributed by atoms with van der Waals surface area (Å²) in [6.07, 6.45) is 2.83. The van der Waals surface area contributed by atoms with Gasteiger partial charge in [-0.05, 0) is 30.3 Å². The third-order valence-corrected chi connectivity index (χ3v) is 3.62. The third kappa shape index (κ3) is 4.24. The summed E-state index contributed by atoms with van der Waals surface area (Å²) in [6, 6.07) is 17.6. The number of nitrogens with one attached hydrogen (secondary N) is 2. The summed E-state index contributed by atoms with van der Waals surface area (Å²) in [5.74, 6) is -0.0586. The van der Waals surface area contributed by atoms with Crippen LogP contribution < -0.4 is 15.4 Å². The number of nitrogens with zero attached hydrogens (tertiary/aromatic N) is 1. The van der Waals surface area contributed by atoms with E-state index in [0.717, 1.165) is 0 Å². The number of anilines is 2. The number of hydrogen-bond donors (Lipinski definition) is 2. The van der Waals surface area contributed by atoms with Crippen molar-refractivity contribution in [2.45, 2.75) is 0 Å². The molecule has 0 spiro atoms. The number of aromatic nitrogens is 1. The highest BCUT2D eigenvalue weighted by atomic mass is 16.5. The van der Waals surface area contributed by atoms with Crippen molar-refractivity contribution in [3.8, 4) is 5.75 Å². The summed E-state index contributed by atoms with van der Waals surface area (Å²) >= 11 is 0. The van der Waals surface area contributed by atoms with E-state index in [9.17, 15) is 9.59 Å². The minimum atomic E-state index is -0.361. The number of amides is 2. The van der Waals surface area contributed by atoms with Crippen molar-refractivity contribution in [2.75, 3.05) is 17.7 Å². The van der Waals surface area contributed by atoms with E-state index in [4.69, 9.17) is 4.74 Å². The molecule has 2 amide bonds. The number of benzene rings is 2. The van der Waals surface area contributed by atoms with Crippen LogP contribution in [0, 0.1) is 0 Å². The molecule has 0 aliphatic heterocycles. The number of para-hydroxylation sites is 1. The van der Waals surface area contributed by atoms with Crippen molar-refractivity contribution >= 4 is 23.2 Å². The molecule has 3 rings (SSSR count). The summed E-state index contributed by atoms with van der Waals surface area (Å²) < 4.78 is 5.13. The largest absolute Gasteiger partial charge is 0.497 e. The minimum absolute atomic E-state index is 0.286. The number of pyridine rings is 1. The van der Waals surface area contributed by atoms with Crippen LogP contribution in [0.1, 0.15) is 20.7 Å². The molecular weight excluding hydrogens is 330 g/mol. The summed E-state index contributed by atoms with van der Waals surface area (Å²) in [5, 5.41) is 5.52. The molecule has 3 aromatic rings. The maximum Gasteiger partial charge on any atom is 0.257 e. The second kappa shape index (κ2) is 7.94. The molecule has 0 saturated heterocycles. The van der Waals surface area contributed by atoms with Crippen LogP contribution in [-0.2, 0) is 0 Å². The number of hydrogen-bond acceptors (Lipinski definition) is 4. The monoisotopic (exact) mass is 347 g/mol. The number of carbonyl (C=O) groups excluding carboxylic acids is 2. The van der Waals surface area contributed by atoms with Crippen LogP contribution in [-0.4, -0.2) is 23.9 Å². The molecule has 26 heavy (non-hydrogen) atoms. The third-order valence-electron chi connectivity index (χ3n) is 3.62. The normalized spacial score (nSPS) is 10.0. The van der Waals surface area contributed by atoms with Gasteiger partial charge in [-0.25, -0.2) is 0 Å². The molecule has 1 heterocycles. The van der Waals surface area contributed by atoms with Gasteiger partial charge in [-0.3, -0.25) is 14.6 Å². The first-order valence-electron chi connectivity index (χ1n) is 7.92. The second-order valence-corrected chi connectivity index (χ2v) is 5.47. The van der Waals surface area contributed by atoms with Gasteiger partial charge in [0.1, 0.15) is 5.75 Å². The van der Waals surface area contributed by atoms with Gasteiger partial charge in [-0.1, -0.05) is 24.3 Å². The number of rotatable bonds is 5. The van der Waals surface area contributed by atoms with Gasteiger partial charge >= 0.3 is 0 Å². The van der Waals surface area contributed by atoms with Crippen molar-refractivity contribution in [1.29, 1.82) is 0 Å². The Labute approximate surface area is 150 Å². The molecule has 1 aromatic heterocycles. The zero-order valence-electron chi connectivity index (χ0n) is 14.1. The Morgan fingerprint density at radius 1 is 0.808 bits per heavy atom. The fraction of sp³-hybridized carbons (Fsp3) is 0.0500. The first kappa shape index (κ1) is 17.2. The van der Waals surface area contributed by atoms with Gasteiger partial charge in [0.25, 0.3) is 11.8 Å². The maximum atomic E-state index is 12.4. The van der Waals surface area contributed by atoms with Gasteiger partial charge in [-0.2, -0.15) is 0 Å². The van der Waals surface area contributed by atoms with Crippen molar-refractivity contribution in [1.82, 2.24) is 4.98 Å². The number of ether oxygens (including phenoxy) is 1. The van der Waals surface area contributed by atoms with Crippen molar-refractivity contribution < 1.29 is 14.3 Å².